The lowest BCUT2D eigenvalue weighted by Crippen LogP contribution is -2.22. The average Bonchev–Trinajstić information content (AvgIpc) is 2.70. The van der Waals surface area contributed by atoms with Gasteiger partial charge < -0.3 is 19.7 Å². The molecule has 0 aliphatic carbocycles. The normalized spacial score (nSPS) is 27.3. The van der Waals surface area contributed by atoms with Gasteiger partial charge in [0.05, 0.1) is 11.7 Å². The minimum absolute atomic E-state index is 0.217. The van der Waals surface area contributed by atoms with Crippen molar-refractivity contribution in [2.24, 2.45) is 0 Å². The highest BCUT2D eigenvalue weighted by atomic mass is 16.7. The van der Waals surface area contributed by atoms with Gasteiger partial charge in [-0.05, 0) is 18.1 Å². The van der Waals surface area contributed by atoms with E-state index in [1.54, 1.807) is 24.3 Å². The molecule has 1 heterocycles. The number of carboxylic acid groups (broad SMARTS) is 1. The van der Waals surface area contributed by atoms with Crippen molar-refractivity contribution in [3.63, 3.8) is 0 Å². The third-order valence-corrected chi connectivity index (χ3v) is 3.07. The van der Waals surface area contributed by atoms with Crippen LogP contribution in [0.5, 0.6) is 0 Å². The number of aromatic carboxylic acids is 1. The Hall–Kier alpha value is -1.43. The maximum Gasteiger partial charge on any atom is 0.335 e. The Morgan fingerprint density at radius 2 is 2.22 bits per heavy atom. The first-order chi connectivity index (χ1) is 8.61. The van der Waals surface area contributed by atoms with Gasteiger partial charge in [-0.3, -0.25) is 0 Å². The zero-order valence-corrected chi connectivity index (χ0v) is 10.1. The molecule has 0 amide bonds. The van der Waals surface area contributed by atoms with E-state index in [-0.39, 0.29) is 11.7 Å². The number of hydrogen-bond acceptors (Lipinski definition) is 4. The molecule has 2 rings (SSSR count). The molecule has 2 N–H and O–H groups in total. The first-order valence-electron chi connectivity index (χ1n) is 5.79. The summed E-state index contributed by atoms with van der Waals surface area (Å²) >= 11 is 0. The fourth-order valence-electron chi connectivity index (χ4n) is 2.21. The van der Waals surface area contributed by atoms with Gasteiger partial charge in [-0.25, -0.2) is 4.79 Å². The van der Waals surface area contributed by atoms with Crippen LogP contribution in [0.2, 0.25) is 0 Å². The van der Waals surface area contributed by atoms with Gasteiger partial charge in [-0.15, -0.1) is 0 Å². The van der Waals surface area contributed by atoms with Crippen molar-refractivity contribution >= 4 is 5.97 Å². The van der Waals surface area contributed by atoms with Crippen LogP contribution < -0.4 is 0 Å². The van der Waals surface area contributed by atoms with Crippen LogP contribution in [0.15, 0.2) is 24.3 Å². The third kappa shape index (κ3) is 2.69. The highest BCUT2D eigenvalue weighted by molar-refractivity contribution is 5.89. The molecular weight excluding hydrogens is 236 g/mol. The van der Waals surface area contributed by atoms with Gasteiger partial charge in [0.25, 0.3) is 0 Å². The molecule has 5 nitrogen and oxygen atoms in total. The Labute approximate surface area is 105 Å². The Morgan fingerprint density at radius 1 is 1.50 bits per heavy atom. The number of methoxy groups -OCH3 is 1. The first-order valence-corrected chi connectivity index (χ1v) is 5.79. The van der Waals surface area contributed by atoms with Crippen LogP contribution in [-0.2, 0) is 15.9 Å². The molecule has 3 atom stereocenters. The Balaban J connectivity index is 2.09. The summed E-state index contributed by atoms with van der Waals surface area (Å²) in [6.45, 7) is 0. The van der Waals surface area contributed by atoms with Crippen molar-refractivity contribution < 1.29 is 24.5 Å². The van der Waals surface area contributed by atoms with Gasteiger partial charge in [0, 0.05) is 13.5 Å². The second-order valence-corrected chi connectivity index (χ2v) is 4.33. The molecule has 0 radical (unpaired) electrons. The number of ether oxygens (including phenoxy) is 2. The van der Waals surface area contributed by atoms with Crippen molar-refractivity contribution in [3.05, 3.63) is 35.4 Å². The Bertz CT molecular complexity index is 431. The highest BCUT2D eigenvalue weighted by Gasteiger charge is 2.34. The number of rotatable bonds is 4. The summed E-state index contributed by atoms with van der Waals surface area (Å²) < 4.78 is 10.5. The summed E-state index contributed by atoms with van der Waals surface area (Å²) in [5, 5.41) is 18.7. The van der Waals surface area contributed by atoms with Crippen molar-refractivity contribution in [1.29, 1.82) is 0 Å². The highest BCUT2D eigenvalue weighted by Crippen LogP contribution is 2.25. The number of aliphatic hydroxyl groups is 1. The standard InChI is InChI=1S/C13H16O5/c1-17-13-11(14)7-9(18-13)6-8-4-2-3-5-10(8)12(15)16/h2-5,9,11,13-14H,6-7H2,1H3,(H,15,16)/t9-,11-,13?/m0/s1. The van der Waals surface area contributed by atoms with E-state index in [9.17, 15) is 9.90 Å². The van der Waals surface area contributed by atoms with Crippen LogP contribution in [0.1, 0.15) is 22.3 Å². The van der Waals surface area contributed by atoms with E-state index in [4.69, 9.17) is 14.6 Å². The van der Waals surface area contributed by atoms with Gasteiger partial charge in [0.15, 0.2) is 6.29 Å². The summed E-state index contributed by atoms with van der Waals surface area (Å²) in [4.78, 5) is 11.1. The van der Waals surface area contributed by atoms with Gasteiger partial charge in [-0.2, -0.15) is 0 Å². The molecule has 1 aromatic rings. The molecule has 98 valence electrons. The molecular formula is C13H16O5. The fraction of sp³-hybridized carbons (Fsp3) is 0.462. The van der Waals surface area contributed by atoms with Crippen LogP contribution in [0, 0.1) is 0 Å². The topological polar surface area (TPSA) is 76.0 Å². The molecule has 1 aromatic carbocycles. The van der Waals surface area contributed by atoms with E-state index in [0.717, 1.165) is 0 Å². The minimum atomic E-state index is -0.951. The smallest absolute Gasteiger partial charge is 0.335 e. The van der Waals surface area contributed by atoms with Crippen LogP contribution in [0.25, 0.3) is 0 Å². The Morgan fingerprint density at radius 3 is 2.83 bits per heavy atom. The summed E-state index contributed by atoms with van der Waals surface area (Å²) in [6.07, 6.45) is -0.583. The summed E-state index contributed by atoms with van der Waals surface area (Å²) in [5.74, 6) is -0.951. The van der Waals surface area contributed by atoms with Gasteiger partial charge >= 0.3 is 5.97 Å². The van der Waals surface area contributed by atoms with E-state index >= 15 is 0 Å². The summed E-state index contributed by atoms with van der Waals surface area (Å²) in [6, 6.07) is 6.81. The molecule has 1 aliphatic rings. The molecule has 0 spiro atoms. The lowest BCUT2D eigenvalue weighted by atomic mass is 10.00. The molecule has 0 aromatic heterocycles. The second-order valence-electron chi connectivity index (χ2n) is 4.33. The van der Waals surface area contributed by atoms with Gasteiger partial charge in [-0.1, -0.05) is 18.2 Å². The SMILES string of the molecule is COC1O[C@@H](Cc2ccccc2C(=O)O)C[C@@H]1O. The van der Waals surface area contributed by atoms with Gasteiger partial charge in [0.1, 0.15) is 6.10 Å². The van der Waals surface area contributed by atoms with Crippen molar-refractivity contribution in [2.75, 3.05) is 7.11 Å². The number of hydrogen-bond donors (Lipinski definition) is 2. The van der Waals surface area contributed by atoms with E-state index in [2.05, 4.69) is 0 Å². The van der Waals surface area contributed by atoms with Crippen LogP contribution >= 0.6 is 0 Å². The lowest BCUT2D eigenvalue weighted by Gasteiger charge is -2.13. The fourth-order valence-corrected chi connectivity index (χ4v) is 2.21. The maximum absolute atomic E-state index is 11.1. The summed E-state index contributed by atoms with van der Waals surface area (Å²) in [5.41, 5.74) is 0.982. The van der Waals surface area contributed by atoms with Crippen molar-refractivity contribution in [3.8, 4) is 0 Å². The lowest BCUT2D eigenvalue weighted by molar-refractivity contribution is -0.147. The third-order valence-electron chi connectivity index (χ3n) is 3.07. The molecule has 1 saturated heterocycles. The molecule has 0 bridgehead atoms. The van der Waals surface area contributed by atoms with Crippen LogP contribution in [-0.4, -0.2) is 41.8 Å². The number of aliphatic hydroxyl groups excluding tert-OH is 1. The molecule has 1 unspecified atom stereocenters. The van der Waals surface area contributed by atoms with Crippen LogP contribution in [0.3, 0.4) is 0 Å². The molecule has 0 saturated carbocycles. The summed E-state index contributed by atoms with van der Waals surface area (Å²) in [7, 11) is 1.47. The largest absolute Gasteiger partial charge is 0.478 e. The predicted molar refractivity (Wildman–Crippen MR) is 63.4 cm³/mol. The van der Waals surface area contributed by atoms with E-state index < -0.39 is 18.4 Å². The number of carboxylic acids is 1. The van der Waals surface area contributed by atoms with Crippen LogP contribution in [0.4, 0.5) is 0 Å². The van der Waals surface area contributed by atoms with E-state index in [1.165, 1.54) is 7.11 Å². The quantitative estimate of drug-likeness (QED) is 0.837. The Kier molecular flexibility index (Phi) is 3.96. The second kappa shape index (κ2) is 5.48. The minimum Gasteiger partial charge on any atom is -0.478 e. The molecule has 1 aliphatic heterocycles. The zero-order valence-electron chi connectivity index (χ0n) is 10.1. The monoisotopic (exact) mass is 252 g/mol. The predicted octanol–water partition coefficient (Wildman–Crippen LogP) is 1.05. The van der Waals surface area contributed by atoms with Crippen molar-refractivity contribution in [2.45, 2.75) is 31.3 Å². The number of carbonyl (C=O) groups is 1. The van der Waals surface area contributed by atoms with Gasteiger partial charge in [0.2, 0.25) is 0 Å². The van der Waals surface area contributed by atoms with E-state index in [0.29, 0.717) is 18.4 Å². The van der Waals surface area contributed by atoms with Crippen molar-refractivity contribution in [1.82, 2.24) is 0 Å². The number of benzene rings is 1. The molecule has 5 heteroatoms. The first kappa shape index (κ1) is 13.0. The van der Waals surface area contributed by atoms with E-state index in [1.807, 2.05) is 0 Å². The maximum atomic E-state index is 11.1. The zero-order chi connectivity index (χ0) is 13.1. The molecule has 18 heavy (non-hydrogen) atoms. The average molecular weight is 252 g/mol. The molecule has 1 fully saturated rings.